The molecule has 3 aromatic rings. The van der Waals surface area contributed by atoms with Crippen molar-refractivity contribution in [1.29, 1.82) is 0 Å². The second kappa shape index (κ2) is 6.28. The first kappa shape index (κ1) is 14.1. The number of fused-ring (bicyclic) bond motifs is 1. The number of H-pyrrole nitrogens is 1. The van der Waals surface area contributed by atoms with Crippen molar-refractivity contribution in [2.45, 2.75) is 23.5 Å². The van der Waals surface area contributed by atoms with Gasteiger partial charge in [-0.1, -0.05) is 36.9 Å². The lowest BCUT2D eigenvalue weighted by atomic mass is 10.2. The topological polar surface area (TPSA) is 40.7 Å². The molecular formula is C16H16FN3S. The highest BCUT2D eigenvalue weighted by atomic mass is 32.2. The van der Waals surface area contributed by atoms with E-state index in [4.69, 9.17) is 0 Å². The van der Waals surface area contributed by atoms with Crippen LogP contribution in [0.2, 0.25) is 0 Å². The zero-order chi connectivity index (χ0) is 14.7. The number of aromatic nitrogens is 2. The Balaban J connectivity index is 1.91. The van der Waals surface area contributed by atoms with Crippen LogP contribution in [0.1, 0.15) is 12.5 Å². The first-order valence-corrected chi connectivity index (χ1v) is 7.70. The molecule has 5 heteroatoms. The summed E-state index contributed by atoms with van der Waals surface area (Å²) in [6.45, 7) is 3.34. The van der Waals surface area contributed by atoms with Crippen LogP contribution < -0.4 is 5.32 Å². The Kier molecular flexibility index (Phi) is 4.22. The summed E-state index contributed by atoms with van der Waals surface area (Å²) in [5, 5.41) is 3.95. The molecule has 108 valence electrons. The average molecular weight is 301 g/mol. The number of imidazole rings is 1. The molecule has 0 saturated heterocycles. The molecule has 21 heavy (non-hydrogen) atoms. The summed E-state index contributed by atoms with van der Waals surface area (Å²) in [5.74, 6) is -0.183. The second-order valence-electron chi connectivity index (χ2n) is 4.66. The Hall–Kier alpha value is -1.85. The van der Waals surface area contributed by atoms with Crippen molar-refractivity contribution in [3.63, 3.8) is 0 Å². The van der Waals surface area contributed by atoms with E-state index in [1.807, 2.05) is 37.3 Å². The van der Waals surface area contributed by atoms with Crippen molar-refractivity contribution in [2.75, 3.05) is 6.54 Å². The lowest BCUT2D eigenvalue weighted by Gasteiger charge is -2.09. The molecule has 3 rings (SSSR count). The van der Waals surface area contributed by atoms with E-state index in [1.54, 1.807) is 6.07 Å². The van der Waals surface area contributed by atoms with E-state index in [-0.39, 0.29) is 5.82 Å². The fourth-order valence-electron chi connectivity index (χ4n) is 2.14. The van der Waals surface area contributed by atoms with Crippen LogP contribution in [0.15, 0.2) is 52.5 Å². The van der Waals surface area contributed by atoms with Crippen LogP contribution in [-0.4, -0.2) is 16.5 Å². The van der Waals surface area contributed by atoms with Crippen molar-refractivity contribution in [3.8, 4) is 0 Å². The Morgan fingerprint density at radius 2 is 2.05 bits per heavy atom. The van der Waals surface area contributed by atoms with Gasteiger partial charge in [0.05, 0.1) is 11.0 Å². The molecule has 3 nitrogen and oxygen atoms in total. The number of benzene rings is 2. The minimum Gasteiger partial charge on any atom is -0.333 e. The minimum absolute atomic E-state index is 0.183. The van der Waals surface area contributed by atoms with Crippen LogP contribution in [0.3, 0.4) is 0 Å². The number of hydrogen-bond acceptors (Lipinski definition) is 3. The van der Waals surface area contributed by atoms with Crippen molar-refractivity contribution in [3.05, 3.63) is 53.8 Å². The van der Waals surface area contributed by atoms with Gasteiger partial charge in [-0.2, -0.15) is 0 Å². The van der Waals surface area contributed by atoms with Crippen molar-refractivity contribution in [2.24, 2.45) is 0 Å². The normalized spacial score (nSPS) is 11.1. The Bertz CT molecular complexity index is 721. The van der Waals surface area contributed by atoms with Gasteiger partial charge in [0.15, 0.2) is 5.16 Å². The van der Waals surface area contributed by atoms with Gasteiger partial charge in [-0.25, -0.2) is 9.37 Å². The number of nitrogens with one attached hydrogen (secondary N) is 2. The predicted octanol–water partition coefficient (Wildman–Crippen LogP) is 3.96. The summed E-state index contributed by atoms with van der Waals surface area (Å²) >= 11 is 1.46. The van der Waals surface area contributed by atoms with Gasteiger partial charge in [0, 0.05) is 17.0 Å². The molecule has 0 aliphatic carbocycles. The van der Waals surface area contributed by atoms with Crippen LogP contribution in [0.4, 0.5) is 4.39 Å². The first-order valence-electron chi connectivity index (χ1n) is 6.88. The van der Waals surface area contributed by atoms with E-state index < -0.39 is 0 Å². The number of nitrogens with zero attached hydrogens (tertiary/aromatic N) is 1. The van der Waals surface area contributed by atoms with E-state index in [9.17, 15) is 4.39 Å². The highest BCUT2D eigenvalue weighted by molar-refractivity contribution is 7.99. The highest BCUT2D eigenvalue weighted by Gasteiger charge is 2.11. The average Bonchev–Trinajstić information content (AvgIpc) is 2.89. The van der Waals surface area contributed by atoms with E-state index in [0.29, 0.717) is 12.1 Å². The van der Waals surface area contributed by atoms with E-state index in [1.165, 1.54) is 17.8 Å². The smallest absolute Gasteiger partial charge is 0.171 e. The molecule has 2 aromatic carbocycles. The van der Waals surface area contributed by atoms with Crippen molar-refractivity contribution < 1.29 is 4.39 Å². The van der Waals surface area contributed by atoms with Crippen LogP contribution in [0.5, 0.6) is 0 Å². The largest absolute Gasteiger partial charge is 0.333 e. The molecule has 1 aromatic heterocycles. The number of aromatic amines is 1. The zero-order valence-corrected chi connectivity index (χ0v) is 12.5. The summed E-state index contributed by atoms with van der Waals surface area (Å²) in [6.07, 6.45) is 0. The summed E-state index contributed by atoms with van der Waals surface area (Å²) in [4.78, 5) is 8.66. The Morgan fingerprint density at radius 1 is 1.19 bits per heavy atom. The standard InChI is InChI=1S/C16H16FN3S/c1-2-18-10-11-12(17)6-5-9-15(11)21-16-19-13-7-3-4-8-14(13)20-16/h3-9,18H,2,10H2,1H3,(H,19,20). The summed E-state index contributed by atoms with van der Waals surface area (Å²) in [6, 6.07) is 13.0. The van der Waals surface area contributed by atoms with Gasteiger partial charge in [-0.3, -0.25) is 0 Å². The number of hydrogen-bond donors (Lipinski definition) is 2. The molecule has 0 bridgehead atoms. The van der Waals surface area contributed by atoms with E-state index >= 15 is 0 Å². The van der Waals surface area contributed by atoms with Gasteiger partial charge in [0.1, 0.15) is 5.82 Å². The number of para-hydroxylation sites is 2. The van der Waals surface area contributed by atoms with Crippen LogP contribution in [0, 0.1) is 5.82 Å². The number of halogens is 1. The number of rotatable bonds is 5. The molecule has 0 saturated carbocycles. The van der Waals surface area contributed by atoms with Crippen LogP contribution in [-0.2, 0) is 6.54 Å². The molecule has 0 atom stereocenters. The molecule has 0 unspecified atom stereocenters. The maximum atomic E-state index is 14.0. The highest BCUT2D eigenvalue weighted by Crippen LogP contribution is 2.31. The first-order chi connectivity index (χ1) is 10.3. The SMILES string of the molecule is CCNCc1c(F)cccc1Sc1nc2ccccc2[nH]1. The molecular weight excluding hydrogens is 285 g/mol. The fourth-order valence-corrected chi connectivity index (χ4v) is 3.09. The van der Waals surface area contributed by atoms with E-state index in [2.05, 4.69) is 15.3 Å². The molecule has 1 heterocycles. The maximum Gasteiger partial charge on any atom is 0.171 e. The lowest BCUT2D eigenvalue weighted by Crippen LogP contribution is -2.13. The quantitative estimate of drug-likeness (QED) is 0.749. The second-order valence-corrected chi connectivity index (χ2v) is 5.69. The third kappa shape index (κ3) is 3.09. The zero-order valence-electron chi connectivity index (χ0n) is 11.7. The predicted molar refractivity (Wildman–Crippen MR) is 84.0 cm³/mol. The molecule has 2 N–H and O–H groups in total. The van der Waals surface area contributed by atoms with Gasteiger partial charge >= 0.3 is 0 Å². The van der Waals surface area contributed by atoms with Crippen molar-refractivity contribution >= 4 is 22.8 Å². The Labute approximate surface area is 127 Å². The summed E-state index contributed by atoms with van der Waals surface area (Å²) in [7, 11) is 0. The van der Waals surface area contributed by atoms with Gasteiger partial charge in [-0.15, -0.1) is 0 Å². The van der Waals surface area contributed by atoms with Crippen LogP contribution in [0.25, 0.3) is 11.0 Å². The van der Waals surface area contributed by atoms with E-state index in [0.717, 1.165) is 27.6 Å². The molecule has 0 aliphatic heterocycles. The van der Waals surface area contributed by atoms with Crippen molar-refractivity contribution in [1.82, 2.24) is 15.3 Å². The molecule has 0 fully saturated rings. The summed E-state index contributed by atoms with van der Waals surface area (Å²) < 4.78 is 14.0. The molecule has 0 amide bonds. The van der Waals surface area contributed by atoms with Gasteiger partial charge in [0.25, 0.3) is 0 Å². The monoisotopic (exact) mass is 301 g/mol. The lowest BCUT2D eigenvalue weighted by molar-refractivity contribution is 0.585. The van der Waals surface area contributed by atoms with Gasteiger partial charge in [-0.05, 0) is 30.8 Å². The third-order valence-corrected chi connectivity index (χ3v) is 4.19. The van der Waals surface area contributed by atoms with Gasteiger partial charge < -0.3 is 10.3 Å². The van der Waals surface area contributed by atoms with Gasteiger partial charge in [0.2, 0.25) is 0 Å². The molecule has 0 spiro atoms. The molecule has 0 radical (unpaired) electrons. The third-order valence-electron chi connectivity index (χ3n) is 3.20. The Morgan fingerprint density at radius 3 is 2.86 bits per heavy atom. The molecule has 0 aliphatic rings. The minimum atomic E-state index is -0.183. The summed E-state index contributed by atoms with van der Waals surface area (Å²) in [5.41, 5.74) is 2.60. The maximum absolute atomic E-state index is 14.0. The fraction of sp³-hybridized carbons (Fsp3) is 0.188. The van der Waals surface area contributed by atoms with Crippen LogP contribution >= 0.6 is 11.8 Å².